The molecule has 0 unspecified atom stereocenters. The largest absolute Gasteiger partial charge is 0.497 e. The number of hydrogen-bond acceptors (Lipinski definition) is 2. The Morgan fingerprint density at radius 2 is 2.20 bits per heavy atom. The molecule has 0 aliphatic carbocycles. The lowest BCUT2D eigenvalue weighted by atomic mass is 10.1. The minimum absolute atomic E-state index is 0.214. The molecular formula is C12H15NO2. The third-order valence-corrected chi connectivity index (χ3v) is 2.78. The molecule has 0 radical (unpaired) electrons. The molecule has 0 N–H and O–H groups in total. The maximum absolute atomic E-state index is 11.6. The van der Waals surface area contributed by atoms with Crippen LogP contribution in [0.15, 0.2) is 18.2 Å². The molecule has 3 nitrogen and oxygen atoms in total. The average Bonchev–Trinajstić information content (AvgIpc) is 2.65. The first-order chi connectivity index (χ1) is 7.22. The highest BCUT2D eigenvalue weighted by atomic mass is 16.5. The predicted octanol–water partition coefficient (Wildman–Crippen LogP) is 2.13. The van der Waals surface area contributed by atoms with E-state index in [4.69, 9.17) is 4.74 Å². The molecule has 1 aromatic rings. The minimum Gasteiger partial charge on any atom is -0.497 e. The van der Waals surface area contributed by atoms with Crippen molar-refractivity contribution in [2.45, 2.75) is 19.8 Å². The van der Waals surface area contributed by atoms with Crippen LogP contribution in [0.25, 0.3) is 0 Å². The van der Waals surface area contributed by atoms with Gasteiger partial charge in [-0.1, -0.05) is 6.07 Å². The summed E-state index contributed by atoms with van der Waals surface area (Å²) in [5.74, 6) is 1.02. The number of anilines is 1. The molecular weight excluding hydrogens is 190 g/mol. The summed E-state index contributed by atoms with van der Waals surface area (Å²) in [5, 5.41) is 0. The molecule has 1 aromatic carbocycles. The lowest BCUT2D eigenvalue weighted by Gasteiger charge is -2.18. The third-order valence-electron chi connectivity index (χ3n) is 2.78. The Morgan fingerprint density at radius 1 is 1.40 bits per heavy atom. The van der Waals surface area contributed by atoms with E-state index in [9.17, 15) is 4.79 Å². The Morgan fingerprint density at radius 3 is 2.80 bits per heavy atom. The minimum atomic E-state index is 0.214. The average molecular weight is 205 g/mol. The van der Waals surface area contributed by atoms with Crippen molar-refractivity contribution in [1.29, 1.82) is 0 Å². The van der Waals surface area contributed by atoms with Gasteiger partial charge in [0, 0.05) is 19.0 Å². The van der Waals surface area contributed by atoms with Crippen LogP contribution in [0, 0.1) is 6.92 Å². The molecule has 2 rings (SSSR count). The van der Waals surface area contributed by atoms with Gasteiger partial charge in [0.15, 0.2) is 0 Å². The highest BCUT2D eigenvalue weighted by Crippen LogP contribution is 2.28. The van der Waals surface area contributed by atoms with Crippen molar-refractivity contribution in [3.05, 3.63) is 23.8 Å². The van der Waals surface area contributed by atoms with E-state index in [-0.39, 0.29) is 5.91 Å². The van der Waals surface area contributed by atoms with E-state index in [1.165, 1.54) is 0 Å². The van der Waals surface area contributed by atoms with Gasteiger partial charge in [0.25, 0.3) is 0 Å². The second-order valence-electron chi connectivity index (χ2n) is 3.80. The van der Waals surface area contributed by atoms with Crippen LogP contribution in [0.5, 0.6) is 5.75 Å². The number of benzene rings is 1. The molecule has 3 heteroatoms. The Kier molecular flexibility index (Phi) is 2.62. The molecule has 1 amide bonds. The molecule has 1 fully saturated rings. The van der Waals surface area contributed by atoms with E-state index in [2.05, 4.69) is 0 Å². The quantitative estimate of drug-likeness (QED) is 0.740. The summed E-state index contributed by atoms with van der Waals surface area (Å²) < 4.78 is 5.17. The summed E-state index contributed by atoms with van der Waals surface area (Å²) >= 11 is 0. The van der Waals surface area contributed by atoms with Crippen molar-refractivity contribution in [2.24, 2.45) is 0 Å². The standard InChI is InChI=1S/C12H15NO2/c1-9-5-6-10(15-2)8-11(9)13-7-3-4-12(13)14/h5-6,8H,3-4,7H2,1-2H3. The smallest absolute Gasteiger partial charge is 0.227 e. The lowest BCUT2D eigenvalue weighted by Crippen LogP contribution is -2.24. The first-order valence-electron chi connectivity index (χ1n) is 5.17. The zero-order chi connectivity index (χ0) is 10.8. The molecule has 0 aromatic heterocycles. The van der Waals surface area contributed by atoms with E-state index in [1.807, 2.05) is 30.0 Å². The van der Waals surface area contributed by atoms with E-state index >= 15 is 0 Å². The van der Waals surface area contributed by atoms with E-state index in [0.29, 0.717) is 6.42 Å². The second kappa shape index (κ2) is 3.93. The number of carbonyl (C=O) groups excluding carboxylic acids is 1. The summed E-state index contributed by atoms with van der Waals surface area (Å²) in [6.07, 6.45) is 1.62. The van der Waals surface area contributed by atoms with Crippen molar-refractivity contribution in [1.82, 2.24) is 0 Å². The Bertz CT molecular complexity index is 387. The van der Waals surface area contributed by atoms with Crippen LogP contribution in [-0.2, 0) is 4.79 Å². The zero-order valence-corrected chi connectivity index (χ0v) is 9.12. The summed E-state index contributed by atoms with van der Waals surface area (Å²) in [5.41, 5.74) is 2.10. The maximum Gasteiger partial charge on any atom is 0.227 e. The number of amides is 1. The van der Waals surface area contributed by atoms with Gasteiger partial charge in [-0.05, 0) is 25.0 Å². The van der Waals surface area contributed by atoms with E-state index in [1.54, 1.807) is 7.11 Å². The van der Waals surface area contributed by atoms with Gasteiger partial charge in [-0.15, -0.1) is 0 Å². The number of ether oxygens (including phenoxy) is 1. The maximum atomic E-state index is 11.6. The molecule has 1 saturated heterocycles. The normalized spacial score (nSPS) is 15.9. The van der Waals surface area contributed by atoms with Crippen LogP contribution in [0.1, 0.15) is 18.4 Å². The van der Waals surface area contributed by atoms with E-state index < -0.39 is 0 Å². The van der Waals surface area contributed by atoms with Crippen LogP contribution >= 0.6 is 0 Å². The van der Waals surface area contributed by atoms with Gasteiger partial charge in [0.05, 0.1) is 12.8 Å². The van der Waals surface area contributed by atoms with Gasteiger partial charge in [-0.2, -0.15) is 0 Å². The van der Waals surface area contributed by atoms with Crippen molar-refractivity contribution in [2.75, 3.05) is 18.6 Å². The van der Waals surface area contributed by atoms with Crippen LogP contribution < -0.4 is 9.64 Å². The topological polar surface area (TPSA) is 29.5 Å². The summed E-state index contributed by atoms with van der Waals surface area (Å²) in [7, 11) is 1.64. The van der Waals surface area contributed by atoms with Gasteiger partial charge in [-0.3, -0.25) is 4.79 Å². The SMILES string of the molecule is COc1ccc(C)c(N2CCCC2=O)c1. The Balaban J connectivity index is 2.37. The van der Waals surface area contributed by atoms with Crippen molar-refractivity contribution in [3.63, 3.8) is 0 Å². The van der Waals surface area contributed by atoms with Crippen molar-refractivity contribution in [3.8, 4) is 5.75 Å². The zero-order valence-electron chi connectivity index (χ0n) is 9.12. The van der Waals surface area contributed by atoms with Gasteiger partial charge in [0.1, 0.15) is 5.75 Å². The first kappa shape index (κ1) is 10.0. The molecule has 1 aliphatic heterocycles. The molecule has 80 valence electrons. The van der Waals surface area contributed by atoms with Gasteiger partial charge in [0.2, 0.25) is 5.91 Å². The highest BCUT2D eigenvalue weighted by Gasteiger charge is 2.23. The number of aryl methyl sites for hydroxylation is 1. The highest BCUT2D eigenvalue weighted by molar-refractivity contribution is 5.96. The van der Waals surface area contributed by atoms with Crippen molar-refractivity contribution < 1.29 is 9.53 Å². The van der Waals surface area contributed by atoms with Crippen LogP contribution in [0.2, 0.25) is 0 Å². The van der Waals surface area contributed by atoms with Crippen molar-refractivity contribution >= 4 is 11.6 Å². The fourth-order valence-corrected chi connectivity index (χ4v) is 1.91. The number of nitrogens with zero attached hydrogens (tertiary/aromatic N) is 1. The van der Waals surface area contributed by atoms with Gasteiger partial charge < -0.3 is 9.64 Å². The first-order valence-corrected chi connectivity index (χ1v) is 5.17. The monoisotopic (exact) mass is 205 g/mol. The Hall–Kier alpha value is -1.51. The predicted molar refractivity (Wildman–Crippen MR) is 59.3 cm³/mol. The van der Waals surface area contributed by atoms with Crippen LogP contribution in [0.4, 0.5) is 5.69 Å². The lowest BCUT2D eigenvalue weighted by molar-refractivity contribution is -0.117. The van der Waals surface area contributed by atoms with E-state index in [0.717, 1.165) is 30.0 Å². The van der Waals surface area contributed by atoms with Gasteiger partial charge in [-0.25, -0.2) is 0 Å². The summed E-state index contributed by atoms with van der Waals surface area (Å²) in [6.45, 7) is 2.84. The molecule has 1 aliphatic rings. The molecule has 0 spiro atoms. The fraction of sp³-hybridized carbons (Fsp3) is 0.417. The van der Waals surface area contributed by atoms with Crippen LogP contribution in [0.3, 0.4) is 0 Å². The third kappa shape index (κ3) is 1.82. The molecule has 0 saturated carbocycles. The number of hydrogen-bond donors (Lipinski definition) is 0. The molecule has 0 bridgehead atoms. The fourth-order valence-electron chi connectivity index (χ4n) is 1.91. The summed E-state index contributed by atoms with van der Waals surface area (Å²) in [6, 6.07) is 5.83. The van der Waals surface area contributed by atoms with Gasteiger partial charge >= 0.3 is 0 Å². The number of carbonyl (C=O) groups is 1. The second-order valence-corrected chi connectivity index (χ2v) is 3.80. The number of methoxy groups -OCH3 is 1. The summed E-state index contributed by atoms with van der Waals surface area (Å²) in [4.78, 5) is 13.5. The Labute approximate surface area is 89.7 Å². The molecule has 0 atom stereocenters. The molecule has 15 heavy (non-hydrogen) atoms. The number of rotatable bonds is 2. The van der Waals surface area contributed by atoms with Crippen LogP contribution in [-0.4, -0.2) is 19.6 Å². The molecule has 1 heterocycles.